The maximum atomic E-state index is 5.49. The van der Waals surface area contributed by atoms with Crippen molar-refractivity contribution in [2.45, 2.75) is 38.9 Å². The molecule has 1 fully saturated rings. The van der Waals surface area contributed by atoms with E-state index in [1.807, 2.05) is 0 Å². The summed E-state index contributed by atoms with van der Waals surface area (Å²) in [5, 5.41) is 0. The lowest BCUT2D eigenvalue weighted by atomic mass is 10.1. The predicted molar refractivity (Wildman–Crippen MR) is 33.5 cm³/mol. The third-order valence-electron chi connectivity index (χ3n) is 1.45. The summed E-state index contributed by atoms with van der Waals surface area (Å²) >= 11 is 0. The minimum Gasteiger partial charge on any atom is -0.372 e. The van der Waals surface area contributed by atoms with E-state index in [1.165, 1.54) is 0 Å². The van der Waals surface area contributed by atoms with E-state index in [0.717, 1.165) is 6.42 Å². The zero-order valence-corrected chi connectivity index (χ0v) is 5.77. The number of rotatable bonds is 0. The van der Waals surface area contributed by atoms with E-state index in [-0.39, 0.29) is 5.60 Å². The highest BCUT2D eigenvalue weighted by Gasteiger charge is 2.28. The normalized spacial score (nSPS) is 35.6. The van der Waals surface area contributed by atoms with E-state index >= 15 is 0 Å². The monoisotopic (exact) mass is 113 g/mol. The van der Waals surface area contributed by atoms with Crippen molar-refractivity contribution in [3.8, 4) is 0 Å². The van der Waals surface area contributed by atoms with Crippen LogP contribution in [0.1, 0.15) is 27.2 Å². The quantitative estimate of drug-likeness (QED) is 0.465. The third kappa shape index (κ3) is 1.22. The minimum atomic E-state index is 0.111. The van der Waals surface area contributed by atoms with Crippen molar-refractivity contribution in [3.05, 3.63) is 6.42 Å². The molecule has 1 rings (SSSR count). The summed E-state index contributed by atoms with van der Waals surface area (Å²) in [4.78, 5) is 0. The van der Waals surface area contributed by atoms with Crippen LogP contribution in [0.25, 0.3) is 0 Å². The Balaban J connectivity index is 2.44. The predicted octanol–water partition coefficient (Wildman–Crippen LogP) is 1.78. The van der Waals surface area contributed by atoms with Crippen LogP contribution in [0.15, 0.2) is 0 Å². The van der Waals surface area contributed by atoms with Crippen molar-refractivity contribution >= 4 is 0 Å². The molecule has 0 aromatic rings. The van der Waals surface area contributed by atoms with Crippen LogP contribution in [-0.2, 0) is 4.74 Å². The van der Waals surface area contributed by atoms with E-state index in [9.17, 15) is 0 Å². The summed E-state index contributed by atoms with van der Waals surface area (Å²) in [5.41, 5.74) is 0.111. The second kappa shape index (κ2) is 1.73. The van der Waals surface area contributed by atoms with Gasteiger partial charge >= 0.3 is 0 Å². The first-order valence-corrected chi connectivity index (χ1v) is 3.11. The van der Waals surface area contributed by atoms with Gasteiger partial charge in [-0.15, -0.1) is 0 Å². The van der Waals surface area contributed by atoms with Gasteiger partial charge in [-0.25, -0.2) is 0 Å². The molecular formula is C7H13O. The molecule has 1 heterocycles. The standard InChI is InChI=1S/C7H13O/c1-6-4-5-7(2,3)8-6/h4,6H,5H2,1-3H3. The van der Waals surface area contributed by atoms with Crippen LogP contribution in [0.2, 0.25) is 0 Å². The molecule has 1 heteroatoms. The van der Waals surface area contributed by atoms with Crippen LogP contribution in [0.3, 0.4) is 0 Å². The fourth-order valence-electron chi connectivity index (χ4n) is 1.05. The first-order chi connectivity index (χ1) is 3.60. The van der Waals surface area contributed by atoms with Crippen molar-refractivity contribution < 1.29 is 4.74 Å². The fourth-order valence-corrected chi connectivity index (χ4v) is 1.05. The lowest BCUT2D eigenvalue weighted by Gasteiger charge is -2.16. The Morgan fingerprint density at radius 1 is 1.62 bits per heavy atom. The number of ether oxygens (including phenoxy) is 1. The maximum Gasteiger partial charge on any atom is 0.0634 e. The van der Waals surface area contributed by atoms with Crippen molar-refractivity contribution in [3.63, 3.8) is 0 Å². The molecule has 0 amide bonds. The molecule has 1 saturated heterocycles. The average Bonchev–Trinajstić information content (AvgIpc) is 1.82. The Kier molecular flexibility index (Phi) is 1.31. The topological polar surface area (TPSA) is 9.23 Å². The Hall–Kier alpha value is -0.0400. The first kappa shape index (κ1) is 6.09. The smallest absolute Gasteiger partial charge is 0.0634 e. The van der Waals surface area contributed by atoms with Crippen molar-refractivity contribution in [1.29, 1.82) is 0 Å². The largest absolute Gasteiger partial charge is 0.372 e. The highest BCUT2D eigenvalue weighted by molar-refractivity contribution is 4.91. The molecule has 1 radical (unpaired) electrons. The van der Waals surface area contributed by atoms with Gasteiger partial charge in [0.2, 0.25) is 0 Å². The van der Waals surface area contributed by atoms with E-state index in [2.05, 4.69) is 27.2 Å². The lowest BCUT2D eigenvalue weighted by Crippen LogP contribution is -2.18. The summed E-state index contributed by atoms with van der Waals surface area (Å²) in [7, 11) is 0. The minimum absolute atomic E-state index is 0.111. The molecule has 0 aromatic carbocycles. The number of hydrogen-bond acceptors (Lipinski definition) is 1. The second-order valence-electron chi connectivity index (χ2n) is 3.02. The molecule has 0 bridgehead atoms. The van der Waals surface area contributed by atoms with Crippen LogP contribution < -0.4 is 0 Å². The Bertz CT molecular complexity index is 86.4. The summed E-state index contributed by atoms with van der Waals surface area (Å²) in [6, 6.07) is 0. The average molecular weight is 113 g/mol. The first-order valence-electron chi connectivity index (χ1n) is 3.11. The molecule has 0 N–H and O–H groups in total. The zero-order valence-electron chi connectivity index (χ0n) is 5.77. The van der Waals surface area contributed by atoms with Crippen molar-refractivity contribution in [1.82, 2.24) is 0 Å². The van der Waals surface area contributed by atoms with Crippen molar-refractivity contribution in [2.75, 3.05) is 0 Å². The lowest BCUT2D eigenvalue weighted by molar-refractivity contribution is -0.00353. The molecule has 0 aliphatic carbocycles. The zero-order chi connectivity index (χ0) is 6.20. The van der Waals surface area contributed by atoms with Gasteiger partial charge in [-0.2, -0.15) is 0 Å². The molecule has 8 heavy (non-hydrogen) atoms. The van der Waals surface area contributed by atoms with Gasteiger partial charge in [-0.05, 0) is 33.6 Å². The molecule has 1 aliphatic rings. The molecule has 0 aromatic heterocycles. The molecule has 1 atom stereocenters. The maximum absolute atomic E-state index is 5.49. The summed E-state index contributed by atoms with van der Waals surface area (Å²) in [6.45, 7) is 6.31. The van der Waals surface area contributed by atoms with Gasteiger partial charge in [0.15, 0.2) is 0 Å². The Morgan fingerprint density at radius 2 is 2.25 bits per heavy atom. The highest BCUT2D eigenvalue weighted by Crippen LogP contribution is 2.27. The van der Waals surface area contributed by atoms with E-state index in [4.69, 9.17) is 4.74 Å². The van der Waals surface area contributed by atoms with Gasteiger partial charge in [0.05, 0.1) is 11.7 Å². The van der Waals surface area contributed by atoms with Gasteiger partial charge in [0.25, 0.3) is 0 Å². The number of hydrogen-bond donors (Lipinski definition) is 0. The van der Waals surface area contributed by atoms with Gasteiger partial charge in [0, 0.05) is 0 Å². The molecule has 1 unspecified atom stereocenters. The van der Waals surface area contributed by atoms with Gasteiger partial charge < -0.3 is 4.74 Å². The molecule has 0 spiro atoms. The Labute approximate surface area is 51.0 Å². The molecule has 0 saturated carbocycles. The summed E-state index contributed by atoms with van der Waals surface area (Å²) in [5.74, 6) is 0. The highest BCUT2D eigenvalue weighted by atomic mass is 16.5. The van der Waals surface area contributed by atoms with E-state index in [1.54, 1.807) is 0 Å². The van der Waals surface area contributed by atoms with E-state index in [0.29, 0.717) is 6.10 Å². The second-order valence-corrected chi connectivity index (χ2v) is 3.02. The van der Waals surface area contributed by atoms with Gasteiger partial charge in [0.1, 0.15) is 0 Å². The van der Waals surface area contributed by atoms with Crippen LogP contribution in [0, 0.1) is 6.42 Å². The van der Waals surface area contributed by atoms with Crippen LogP contribution in [0.5, 0.6) is 0 Å². The van der Waals surface area contributed by atoms with E-state index < -0.39 is 0 Å². The van der Waals surface area contributed by atoms with Crippen LogP contribution >= 0.6 is 0 Å². The fraction of sp³-hybridized carbons (Fsp3) is 0.857. The van der Waals surface area contributed by atoms with Crippen LogP contribution in [0.4, 0.5) is 0 Å². The summed E-state index contributed by atoms with van der Waals surface area (Å²) in [6.07, 6.45) is 3.67. The van der Waals surface area contributed by atoms with Crippen LogP contribution in [-0.4, -0.2) is 11.7 Å². The molecular weight excluding hydrogens is 100 g/mol. The molecule has 1 nitrogen and oxygen atoms in total. The Morgan fingerprint density at radius 3 is 2.38 bits per heavy atom. The van der Waals surface area contributed by atoms with Gasteiger partial charge in [-0.3, -0.25) is 0 Å². The van der Waals surface area contributed by atoms with Gasteiger partial charge in [-0.1, -0.05) is 0 Å². The molecule has 1 aliphatic heterocycles. The SMILES string of the molecule is CC1[CH]CC(C)(C)O1. The van der Waals surface area contributed by atoms with Crippen molar-refractivity contribution in [2.24, 2.45) is 0 Å². The third-order valence-corrected chi connectivity index (χ3v) is 1.45. The summed E-state index contributed by atoms with van der Waals surface area (Å²) < 4.78 is 5.49. The molecule has 47 valence electrons.